The number of nitrogens with one attached hydrogen (secondary N) is 1. The number of benzene rings is 2. The minimum absolute atomic E-state index is 0. The van der Waals surface area contributed by atoms with Crippen LogP contribution >= 0.6 is 12.4 Å². The van der Waals surface area contributed by atoms with E-state index in [0.717, 1.165) is 26.2 Å². The van der Waals surface area contributed by atoms with Gasteiger partial charge in [-0.25, -0.2) is 8.42 Å². The Bertz CT molecular complexity index is 1000. The number of aryl methyl sites for hydroxylation is 1. The first-order chi connectivity index (χ1) is 14.2. The molecule has 2 aromatic rings. The number of hydrogen-bond acceptors (Lipinski definition) is 6. The van der Waals surface area contributed by atoms with Gasteiger partial charge in [0.15, 0.2) is 0 Å². The van der Waals surface area contributed by atoms with E-state index in [-0.39, 0.29) is 28.7 Å². The molecule has 0 atom stereocenters. The lowest BCUT2D eigenvalue weighted by Crippen LogP contribution is -2.44. The van der Waals surface area contributed by atoms with Crippen LogP contribution in [-0.4, -0.2) is 60.3 Å². The predicted octanol–water partition coefficient (Wildman–Crippen LogP) is 3.58. The minimum atomic E-state index is -3.96. The molecule has 0 aromatic heterocycles. The van der Waals surface area contributed by atoms with Gasteiger partial charge in [0, 0.05) is 32.2 Å². The van der Waals surface area contributed by atoms with Gasteiger partial charge in [-0.3, -0.25) is 4.72 Å². The molecule has 0 bridgehead atoms. The van der Waals surface area contributed by atoms with Gasteiger partial charge in [-0.1, -0.05) is 6.07 Å². The van der Waals surface area contributed by atoms with E-state index < -0.39 is 16.6 Å². The molecule has 1 aliphatic rings. The third-order valence-electron chi connectivity index (χ3n) is 4.98. The third-order valence-corrected chi connectivity index (χ3v) is 6.35. The summed E-state index contributed by atoms with van der Waals surface area (Å²) in [6.07, 6.45) is 0. The zero-order valence-corrected chi connectivity index (χ0v) is 19.1. The summed E-state index contributed by atoms with van der Waals surface area (Å²) in [4.78, 5) is 4.33. The Labute approximate surface area is 187 Å². The molecule has 2 aromatic carbocycles. The first-order valence-electron chi connectivity index (χ1n) is 9.39. The van der Waals surface area contributed by atoms with Crippen molar-refractivity contribution in [3.8, 4) is 11.5 Å². The van der Waals surface area contributed by atoms with Crippen LogP contribution in [0, 0.1) is 6.92 Å². The summed E-state index contributed by atoms with van der Waals surface area (Å²) in [5.41, 5.74) is 1.44. The number of hydrogen-bond donors (Lipinski definition) is 1. The highest BCUT2D eigenvalue weighted by Crippen LogP contribution is 2.33. The Morgan fingerprint density at radius 2 is 1.74 bits per heavy atom. The van der Waals surface area contributed by atoms with Gasteiger partial charge in [0.05, 0.1) is 23.4 Å². The molecule has 0 radical (unpaired) electrons. The first-order valence-corrected chi connectivity index (χ1v) is 10.9. The van der Waals surface area contributed by atoms with Gasteiger partial charge >= 0.3 is 6.61 Å². The molecule has 3 rings (SSSR count). The molecule has 7 nitrogen and oxygen atoms in total. The maximum absolute atomic E-state index is 13.0. The standard InChI is InChI=1S/C20H25F2N3O4S.ClH/c1-14-4-5-15(29-20(21)22)12-17(14)23-30(26,27)16-6-7-19(28-3)18(13-16)25-10-8-24(2)9-11-25;/h4-7,12-13,20,23H,8-11H2,1-3H3;1H. The topological polar surface area (TPSA) is 71.1 Å². The van der Waals surface area contributed by atoms with Gasteiger partial charge in [0.1, 0.15) is 11.5 Å². The second-order valence-corrected chi connectivity index (χ2v) is 8.77. The van der Waals surface area contributed by atoms with Crippen molar-refractivity contribution in [1.82, 2.24) is 4.90 Å². The summed E-state index contributed by atoms with van der Waals surface area (Å²) in [6, 6.07) is 8.75. The monoisotopic (exact) mass is 477 g/mol. The zero-order valence-electron chi connectivity index (χ0n) is 17.5. The van der Waals surface area contributed by atoms with Crippen molar-refractivity contribution < 1.29 is 26.7 Å². The van der Waals surface area contributed by atoms with Crippen LogP contribution in [0.3, 0.4) is 0 Å². The maximum atomic E-state index is 13.0. The number of rotatable bonds is 7. The van der Waals surface area contributed by atoms with Gasteiger partial charge in [0.25, 0.3) is 10.0 Å². The summed E-state index contributed by atoms with van der Waals surface area (Å²) in [6.45, 7) is 1.88. The van der Waals surface area contributed by atoms with Crippen LogP contribution in [0.25, 0.3) is 0 Å². The number of methoxy groups -OCH3 is 1. The largest absolute Gasteiger partial charge is 0.495 e. The van der Waals surface area contributed by atoms with Crippen molar-refractivity contribution in [2.24, 2.45) is 0 Å². The molecule has 0 spiro atoms. The Morgan fingerprint density at radius 1 is 1.06 bits per heavy atom. The fraction of sp³-hybridized carbons (Fsp3) is 0.400. The Balaban J connectivity index is 0.00000341. The molecule has 1 aliphatic heterocycles. The lowest BCUT2D eigenvalue weighted by atomic mass is 10.2. The van der Waals surface area contributed by atoms with E-state index in [1.54, 1.807) is 26.2 Å². The van der Waals surface area contributed by atoms with Crippen molar-refractivity contribution in [2.75, 3.05) is 50.0 Å². The van der Waals surface area contributed by atoms with E-state index in [1.807, 2.05) is 7.05 Å². The number of alkyl halides is 2. The van der Waals surface area contributed by atoms with E-state index in [9.17, 15) is 17.2 Å². The van der Waals surface area contributed by atoms with Crippen LogP contribution < -0.4 is 19.1 Å². The molecule has 0 saturated carbocycles. The van der Waals surface area contributed by atoms with Gasteiger partial charge in [-0.2, -0.15) is 8.78 Å². The van der Waals surface area contributed by atoms with E-state index in [1.165, 1.54) is 24.3 Å². The molecule has 11 heteroatoms. The number of piperazine rings is 1. The van der Waals surface area contributed by atoms with E-state index >= 15 is 0 Å². The van der Waals surface area contributed by atoms with E-state index in [0.29, 0.717) is 17.0 Å². The fourth-order valence-corrected chi connectivity index (χ4v) is 4.36. The van der Waals surface area contributed by atoms with Gasteiger partial charge in [-0.15, -0.1) is 12.4 Å². The summed E-state index contributed by atoms with van der Waals surface area (Å²) in [5.74, 6) is 0.461. The highest BCUT2D eigenvalue weighted by molar-refractivity contribution is 7.92. The highest BCUT2D eigenvalue weighted by Gasteiger charge is 2.22. The van der Waals surface area contributed by atoms with Gasteiger partial charge in [0.2, 0.25) is 0 Å². The van der Waals surface area contributed by atoms with Crippen molar-refractivity contribution in [3.63, 3.8) is 0 Å². The molecule has 31 heavy (non-hydrogen) atoms. The molecule has 0 aliphatic carbocycles. The molecule has 172 valence electrons. The SMILES string of the molecule is COc1ccc(S(=O)(=O)Nc2cc(OC(F)F)ccc2C)cc1N1CCN(C)CC1.Cl. The smallest absolute Gasteiger partial charge is 0.387 e. The molecular weight excluding hydrogens is 452 g/mol. The summed E-state index contributed by atoms with van der Waals surface area (Å²) in [5, 5.41) is 0. The Hall–Kier alpha value is -2.30. The van der Waals surface area contributed by atoms with Crippen LogP contribution in [0.4, 0.5) is 20.2 Å². The molecule has 0 amide bonds. The lowest BCUT2D eigenvalue weighted by molar-refractivity contribution is -0.0498. The minimum Gasteiger partial charge on any atom is -0.495 e. The van der Waals surface area contributed by atoms with Crippen molar-refractivity contribution >= 4 is 33.8 Å². The number of sulfonamides is 1. The molecule has 1 heterocycles. The van der Waals surface area contributed by atoms with Crippen molar-refractivity contribution in [2.45, 2.75) is 18.4 Å². The third kappa shape index (κ3) is 6.11. The van der Waals surface area contributed by atoms with E-state index in [2.05, 4.69) is 19.3 Å². The van der Waals surface area contributed by atoms with Gasteiger partial charge < -0.3 is 19.3 Å². The maximum Gasteiger partial charge on any atom is 0.387 e. The molecular formula is C20H26ClF2N3O4S. The van der Waals surface area contributed by atoms with Crippen LogP contribution in [0.1, 0.15) is 5.56 Å². The number of ether oxygens (including phenoxy) is 2. The number of nitrogens with zero attached hydrogens (tertiary/aromatic N) is 2. The van der Waals surface area contributed by atoms with Crippen LogP contribution in [0.15, 0.2) is 41.3 Å². The number of anilines is 2. The quantitative estimate of drug-likeness (QED) is 0.657. The number of halogens is 3. The van der Waals surface area contributed by atoms with Crippen molar-refractivity contribution in [3.05, 3.63) is 42.0 Å². The molecule has 1 fully saturated rings. The van der Waals surface area contributed by atoms with Crippen LogP contribution in [0.2, 0.25) is 0 Å². The van der Waals surface area contributed by atoms with Gasteiger partial charge in [-0.05, 0) is 43.8 Å². The zero-order chi connectivity index (χ0) is 21.9. The molecule has 1 N–H and O–H groups in total. The number of likely N-dealkylation sites (N-methyl/N-ethyl adjacent to an activating group) is 1. The first kappa shape index (κ1) is 25.0. The highest BCUT2D eigenvalue weighted by atomic mass is 35.5. The Kier molecular flexibility index (Phi) is 8.33. The Morgan fingerprint density at radius 3 is 2.35 bits per heavy atom. The average molecular weight is 478 g/mol. The fourth-order valence-electron chi connectivity index (χ4n) is 3.22. The summed E-state index contributed by atoms with van der Waals surface area (Å²) in [7, 11) is -0.388. The van der Waals surface area contributed by atoms with Crippen molar-refractivity contribution in [1.29, 1.82) is 0 Å². The second kappa shape index (κ2) is 10.3. The van der Waals surface area contributed by atoms with Crippen LogP contribution in [-0.2, 0) is 10.0 Å². The second-order valence-electron chi connectivity index (χ2n) is 7.08. The predicted molar refractivity (Wildman–Crippen MR) is 119 cm³/mol. The summed E-state index contributed by atoms with van der Waals surface area (Å²) < 4.78 is 63.3. The lowest BCUT2D eigenvalue weighted by Gasteiger charge is -2.34. The average Bonchev–Trinajstić information content (AvgIpc) is 2.70. The molecule has 1 saturated heterocycles. The summed E-state index contributed by atoms with van der Waals surface area (Å²) >= 11 is 0. The normalized spacial score (nSPS) is 14.8. The molecule has 0 unspecified atom stereocenters. The van der Waals surface area contributed by atoms with Crippen LogP contribution in [0.5, 0.6) is 11.5 Å². The van der Waals surface area contributed by atoms with E-state index in [4.69, 9.17) is 4.74 Å².